The number of carbonyl (C=O) groups is 2. The van der Waals surface area contributed by atoms with E-state index >= 15 is 0 Å². The minimum absolute atomic E-state index is 0.457. The molecule has 0 saturated carbocycles. The van der Waals surface area contributed by atoms with Gasteiger partial charge < -0.3 is 0 Å². The molecule has 0 aliphatic carbocycles. The molecular weight excluding hydrogens is 309 g/mol. The maximum atomic E-state index is 13.0. The molecule has 1 saturated heterocycles. The van der Waals surface area contributed by atoms with Gasteiger partial charge in [0.05, 0.1) is 24.1 Å². The van der Waals surface area contributed by atoms with E-state index < -0.39 is 56.3 Å². The number of imide groups is 1. The molecule has 0 radical (unpaired) electrons. The molecule has 21 heavy (non-hydrogen) atoms. The monoisotopic (exact) mass is 317 g/mol. The number of nitro benzene ring substituents is 1. The second-order valence-electron chi connectivity index (χ2n) is 4.11. The fourth-order valence-electron chi connectivity index (χ4n) is 1.77. The van der Waals surface area contributed by atoms with E-state index in [0.29, 0.717) is 10.4 Å². The van der Waals surface area contributed by atoms with Crippen LogP contribution in [0.3, 0.4) is 0 Å². The normalized spacial score (nSPS) is 16.6. The van der Waals surface area contributed by atoms with Gasteiger partial charge in [-0.1, -0.05) is 0 Å². The summed E-state index contributed by atoms with van der Waals surface area (Å²) in [6.07, 6.45) is 0. The van der Waals surface area contributed by atoms with Gasteiger partial charge in [-0.25, -0.2) is 12.8 Å². The summed E-state index contributed by atoms with van der Waals surface area (Å²) in [6.45, 7) is -1.30. The second-order valence-corrected chi connectivity index (χ2v) is 6.02. The Hall–Kier alpha value is -2.40. The number of halogens is 1. The number of hydrogen-bond donors (Lipinski definition) is 1. The highest BCUT2D eigenvalue weighted by Crippen LogP contribution is 2.27. The van der Waals surface area contributed by atoms with Gasteiger partial charge in [0.15, 0.2) is 4.90 Å². The summed E-state index contributed by atoms with van der Waals surface area (Å²) in [5.41, 5.74) is -0.964. The van der Waals surface area contributed by atoms with Gasteiger partial charge >= 0.3 is 0 Å². The Labute approximate surface area is 117 Å². The Kier molecular flexibility index (Phi) is 3.70. The summed E-state index contributed by atoms with van der Waals surface area (Å²) >= 11 is 0. The number of nitrogens with one attached hydrogen (secondary N) is 1. The van der Waals surface area contributed by atoms with Gasteiger partial charge in [-0.15, -0.1) is 0 Å². The SMILES string of the molecule is O=C1CN(S(=O)(=O)c2ccc(F)cc2[N+](=O)[O-])CC(=O)N1. The third kappa shape index (κ3) is 2.87. The summed E-state index contributed by atoms with van der Waals surface area (Å²) in [5.74, 6) is -2.67. The minimum Gasteiger partial charge on any atom is -0.294 e. The van der Waals surface area contributed by atoms with Gasteiger partial charge in [-0.3, -0.25) is 25.0 Å². The molecule has 0 unspecified atom stereocenters. The van der Waals surface area contributed by atoms with Crippen LogP contribution in [0.5, 0.6) is 0 Å². The van der Waals surface area contributed by atoms with Crippen molar-refractivity contribution in [2.24, 2.45) is 0 Å². The van der Waals surface area contributed by atoms with Crippen LogP contribution in [0.25, 0.3) is 0 Å². The van der Waals surface area contributed by atoms with Gasteiger partial charge in [0.25, 0.3) is 15.7 Å². The number of nitro groups is 1. The molecule has 1 aliphatic rings. The summed E-state index contributed by atoms with van der Waals surface area (Å²) < 4.78 is 38.1. The van der Waals surface area contributed by atoms with Crippen LogP contribution in [-0.4, -0.2) is 42.6 Å². The van der Waals surface area contributed by atoms with Crippen molar-refractivity contribution in [3.8, 4) is 0 Å². The van der Waals surface area contributed by atoms with Crippen LogP contribution in [0.15, 0.2) is 23.1 Å². The summed E-state index contributed by atoms with van der Waals surface area (Å²) in [7, 11) is -4.48. The Bertz CT molecular complexity index is 731. The van der Waals surface area contributed by atoms with Crippen LogP contribution in [0.1, 0.15) is 0 Å². The van der Waals surface area contributed by atoms with Crippen molar-refractivity contribution >= 4 is 27.5 Å². The largest absolute Gasteiger partial charge is 0.294 e. The zero-order valence-electron chi connectivity index (χ0n) is 10.3. The molecule has 112 valence electrons. The lowest BCUT2D eigenvalue weighted by Crippen LogP contribution is -2.53. The third-order valence-electron chi connectivity index (χ3n) is 2.65. The van der Waals surface area contributed by atoms with Gasteiger partial charge in [0.1, 0.15) is 5.82 Å². The molecule has 0 aromatic heterocycles. The van der Waals surface area contributed by atoms with E-state index in [-0.39, 0.29) is 0 Å². The third-order valence-corrected chi connectivity index (χ3v) is 4.49. The molecule has 1 aromatic carbocycles. The van der Waals surface area contributed by atoms with E-state index in [0.717, 1.165) is 12.1 Å². The van der Waals surface area contributed by atoms with Crippen LogP contribution in [-0.2, 0) is 19.6 Å². The van der Waals surface area contributed by atoms with Crippen LogP contribution in [0.2, 0.25) is 0 Å². The molecule has 1 heterocycles. The van der Waals surface area contributed by atoms with Gasteiger partial charge in [0, 0.05) is 0 Å². The number of rotatable bonds is 3. The van der Waals surface area contributed by atoms with Crippen LogP contribution < -0.4 is 5.32 Å². The highest BCUT2D eigenvalue weighted by Gasteiger charge is 2.37. The van der Waals surface area contributed by atoms with E-state index in [9.17, 15) is 32.5 Å². The van der Waals surface area contributed by atoms with Crippen molar-refractivity contribution in [2.45, 2.75) is 4.90 Å². The molecule has 9 nitrogen and oxygen atoms in total. The molecule has 0 atom stereocenters. The van der Waals surface area contributed by atoms with Gasteiger partial charge in [0.2, 0.25) is 11.8 Å². The average molecular weight is 317 g/mol. The lowest BCUT2D eigenvalue weighted by Gasteiger charge is -2.24. The van der Waals surface area contributed by atoms with Gasteiger partial charge in [-0.2, -0.15) is 4.31 Å². The predicted molar refractivity (Wildman–Crippen MR) is 65.0 cm³/mol. The van der Waals surface area contributed by atoms with E-state index in [2.05, 4.69) is 0 Å². The standard InChI is InChI=1S/C10H8FN3O6S/c11-6-1-2-8(7(3-6)14(17)18)21(19,20)13-4-9(15)12-10(16)5-13/h1-3H,4-5H2,(H,12,15,16). The average Bonchev–Trinajstić information content (AvgIpc) is 2.37. The van der Waals surface area contributed by atoms with E-state index in [1.165, 1.54) is 0 Å². The summed E-state index contributed by atoms with van der Waals surface area (Å²) in [6, 6.07) is 1.92. The second kappa shape index (κ2) is 5.18. The number of amides is 2. The number of carbonyl (C=O) groups excluding carboxylic acids is 2. The highest BCUT2D eigenvalue weighted by molar-refractivity contribution is 7.89. The zero-order valence-corrected chi connectivity index (χ0v) is 11.1. The zero-order chi connectivity index (χ0) is 15.8. The Morgan fingerprint density at radius 3 is 2.33 bits per heavy atom. The number of benzene rings is 1. The Morgan fingerprint density at radius 1 is 1.24 bits per heavy atom. The molecule has 1 fully saturated rings. The molecule has 1 aromatic rings. The Balaban J connectivity index is 2.52. The maximum Gasteiger partial charge on any atom is 0.292 e. The maximum absolute atomic E-state index is 13.0. The van der Waals surface area contributed by atoms with Crippen molar-refractivity contribution < 1.29 is 27.3 Å². The molecule has 2 rings (SSSR count). The topological polar surface area (TPSA) is 127 Å². The van der Waals surface area contributed by atoms with Crippen molar-refractivity contribution in [1.82, 2.24) is 9.62 Å². The quantitative estimate of drug-likeness (QED) is 0.450. The fraction of sp³-hybridized carbons (Fsp3) is 0.200. The molecule has 0 bridgehead atoms. The first-order valence-corrected chi connectivity index (χ1v) is 6.92. The highest BCUT2D eigenvalue weighted by atomic mass is 32.2. The fourth-order valence-corrected chi connectivity index (χ4v) is 3.26. The molecule has 1 aliphatic heterocycles. The number of piperazine rings is 1. The summed E-state index contributed by atoms with van der Waals surface area (Å²) in [5, 5.41) is 12.7. The summed E-state index contributed by atoms with van der Waals surface area (Å²) in [4.78, 5) is 31.4. The van der Waals surface area contributed by atoms with Gasteiger partial charge in [-0.05, 0) is 12.1 Å². The molecule has 1 N–H and O–H groups in total. The van der Waals surface area contributed by atoms with Crippen molar-refractivity contribution in [2.75, 3.05) is 13.1 Å². The number of hydrogen-bond acceptors (Lipinski definition) is 6. The van der Waals surface area contributed by atoms with E-state index in [1.807, 2.05) is 5.32 Å². The van der Waals surface area contributed by atoms with Crippen LogP contribution >= 0.6 is 0 Å². The molecule has 0 spiro atoms. The first kappa shape index (κ1) is 15.0. The lowest BCUT2D eigenvalue weighted by atomic mass is 10.3. The minimum atomic E-state index is -4.48. The lowest BCUT2D eigenvalue weighted by molar-refractivity contribution is -0.388. The number of nitrogens with zero attached hydrogens (tertiary/aromatic N) is 2. The molecule has 11 heteroatoms. The molecule has 2 amide bonds. The molecular formula is C10H8FN3O6S. The Morgan fingerprint density at radius 2 is 1.81 bits per heavy atom. The smallest absolute Gasteiger partial charge is 0.292 e. The van der Waals surface area contributed by atoms with Crippen molar-refractivity contribution in [3.05, 3.63) is 34.1 Å². The van der Waals surface area contributed by atoms with Crippen molar-refractivity contribution in [1.29, 1.82) is 0 Å². The van der Waals surface area contributed by atoms with E-state index in [4.69, 9.17) is 0 Å². The van der Waals surface area contributed by atoms with Crippen molar-refractivity contribution in [3.63, 3.8) is 0 Å². The first-order chi connectivity index (χ1) is 9.71. The van der Waals surface area contributed by atoms with Crippen LogP contribution in [0, 0.1) is 15.9 Å². The first-order valence-electron chi connectivity index (χ1n) is 5.48. The van der Waals surface area contributed by atoms with E-state index in [1.54, 1.807) is 0 Å². The predicted octanol–water partition coefficient (Wildman–Crippen LogP) is -0.619. The number of sulfonamides is 1. The van der Waals surface area contributed by atoms with Crippen LogP contribution in [0.4, 0.5) is 10.1 Å².